The first-order valence-corrected chi connectivity index (χ1v) is 7.09. The van der Waals surface area contributed by atoms with Gasteiger partial charge in [-0.3, -0.25) is 4.79 Å². The third-order valence-electron chi connectivity index (χ3n) is 3.26. The molecule has 2 rings (SSSR count). The lowest BCUT2D eigenvalue weighted by atomic mass is 10.1. The molecule has 0 heterocycles. The second-order valence-corrected chi connectivity index (χ2v) is 4.66. The maximum absolute atomic E-state index is 13.8. The SMILES string of the molecule is CCNc1c(F)cccc1C(=O)Nc1ccccc1CC. The van der Waals surface area contributed by atoms with Crippen LogP contribution in [0.25, 0.3) is 0 Å². The van der Waals surface area contributed by atoms with Gasteiger partial charge in [-0.1, -0.05) is 31.2 Å². The molecule has 2 aromatic rings. The highest BCUT2D eigenvalue weighted by Gasteiger charge is 2.15. The van der Waals surface area contributed by atoms with Crippen molar-refractivity contribution in [3.05, 3.63) is 59.4 Å². The van der Waals surface area contributed by atoms with Gasteiger partial charge in [-0.05, 0) is 37.1 Å². The van der Waals surface area contributed by atoms with E-state index in [0.29, 0.717) is 12.1 Å². The Bertz CT molecular complexity index is 640. The largest absolute Gasteiger partial charge is 0.382 e. The molecule has 2 aromatic carbocycles. The lowest BCUT2D eigenvalue weighted by Gasteiger charge is -2.13. The number of rotatable bonds is 5. The summed E-state index contributed by atoms with van der Waals surface area (Å²) in [6, 6.07) is 12.1. The minimum Gasteiger partial charge on any atom is -0.382 e. The summed E-state index contributed by atoms with van der Waals surface area (Å²) in [6.45, 7) is 4.44. The van der Waals surface area contributed by atoms with Crippen molar-refractivity contribution < 1.29 is 9.18 Å². The summed E-state index contributed by atoms with van der Waals surface area (Å²) in [5.74, 6) is -0.736. The third-order valence-corrected chi connectivity index (χ3v) is 3.26. The number of nitrogens with one attached hydrogen (secondary N) is 2. The smallest absolute Gasteiger partial charge is 0.257 e. The molecule has 0 aliphatic heterocycles. The van der Waals surface area contributed by atoms with E-state index in [-0.39, 0.29) is 11.6 Å². The van der Waals surface area contributed by atoms with E-state index in [4.69, 9.17) is 0 Å². The van der Waals surface area contributed by atoms with Gasteiger partial charge < -0.3 is 10.6 Å². The summed E-state index contributed by atoms with van der Waals surface area (Å²) in [5, 5.41) is 5.76. The number of carbonyl (C=O) groups excluding carboxylic acids is 1. The second kappa shape index (κ2) is 6.88. The van der Waals surface area contributed by atoms with Crippen molar-refractivity contribution in [3.63, 3.8) is 0 Å². The molecule has 0 saturated heterocycles. The number of anilines is 2. The number of carbonyl (C=O) groups is 1. The first-order valence-electron chi connectivity index (χ1n) is 7.09. The molecule has 0 aliphatic rings. The van der Waals surface area contributed by atoms with Gasteiger partial charge in [0, 0.05) is 12.2 Å². The Morgan fingerprint density at radius 3 is 2.57 bits per heavy atom. The van der Waals surface area contributed by atoms with Gasteiger partial charge in [0.25, 0.3) is 5.91 Å². The van der Waals surface area contributed by atoms with Gasteiger partial charge in [-0.15, -0.1) is 0 Å². The van der Waals surface area contributed by atoms with E-state index in [1.165, 1.54) is 12.1 Å². The normalized spacial score (nSPS) is 10.2. The van der Waals surface area contributed by atoms with Gasteiger partial charge in [0.15, 0.2) is 0 Å². The Kier molecular flexibility index (Phi) is 4.93. The fraction of sp³-hybridized carbons (Fsp3) is 0.235. The molecule has 1 amide bonds. The van der Waals surface area contributed by atoms with E-state index in [0.717, 1.165) is 17.7 Å². The molecule has 2 N–H and O–H groups in total. The summed E-state index contributed by atoms with van der Waals surface area (Å²) in [5.41, 5.74) is 2.36. The molecule has 110 valence electrons. The Morgan fingerprint density at radius 1 is 1.10 bits per heavy atom. The van der Waals surface area contributed by atoms with Crippen LogP contribution in [-0.4, -0.2) is 12.5 Å². The summed E-state index contributed by atoms with van der Waals surface area (Å²) < 4.78 is 13.8. The van der Waals surface area contributed by atoms with Gasteiger partial charge in [0.2, 0.25) is 0 Å². The quantitative estimate of drug-likeness (QED) is 0.869. The van der Waals surface area contributed by atoms with Crippen LogP contribution in [0.2, 0.25) is 0 Å². The fourth-order valence-electron chi connectivity index (χ4n) is 2.21. The monoisotopic (exact) mass is 286 g/mol. The topological polar surface area (TPSA) is 41.1 Å². The molecule has 0 unspecified atom stereocenters. The van der Waals surface area contributed by atoms with Crippen LogP contribution in [0.4, 0.5) is 15.8 Å². The minimum absolute atomic E-state index is 0.242. The molecular formula is C17H19FN2O. The molecule has 0 aromatic heterocycles. The summed E-state index contributed by atoms with van der Waals surface area (Å²) in [7, 11) is 0. The summed E-state index contributed by atoms with van der Waals surface area (Å²) in [6.07, 6.45) is 0.819. The number of hydrogen-bond donors (Lipinski definition) is 2. The average molecular weight is 286 g/mol. The minimum atomic E-state index is -0.423. The van der Waals surface area contributed by atoms with Crippen LogP contribution in [0.1, 0.15) is 29.8 Å². The fourth-order valence-corrected chi connectivity index (χ4v) is 2.21. The number of amides is 1. The summed E-state index contributed by atoms with van der Waals surface area (Å²) in [4.78, 5) is 12.4. The lowest BCUT2D eigenvalue weighted by molar-refractivity contribution is 0.102. The number of aryl methyl sites for hydroxylation is 1. The van der Waals surface area contributed by atoms with Crippen LogP contribution >= 0.6 is 0 Å². The zero-order valence-electron chi connectivity index (χ0n) is 12.2. The van der Waals surface area contributed by atoms with Crippen molar-refractivity contribution in [2.75, 3.05) is 17.2 Å². The molecule has 0 atom stereocenters. The van der Waals surface area contributed by atoms with Crippen molar-refractivity contribution >= 4 is 17.3 Å². The molecule has 0 saturated carbocycles. The molecule has 4 heteroatoms. The van der Waals surface area contributed by atoms with E-state index in [1.54, 1.807) is 6.07 Å². The van der Waals surface area contributed by atoms with Crippen LogP contribution in [0.15, 0.2) is 42.5 Å². The molecule has 3 nitrogen and oxygen atoms in total. The zero-order valence-corrected chi connectivity index (χ0v) is 12.2. The first kappa shape index (κ1) is 15.0. The van der Waals surface area contributed by atoms with Gasteiger partial charge in [0.05, 0.1) is 11.3 Å². The van der Waals surface area contributed by atoms with E-state index < -0.39 is 5.82 Å². The molecule has 0 aliphatic carbocycles. The second-order valence-electron chi connectivity index (χ2n) is 4.66. The van der Waals surface area contributed by atoms with Crippen molar-refractivity contribution in [3.8, 4) is 0 Å². The highest BCUT2D eigenvalue weighted by molar-refractivity contribution is 6.08. The van der Waals surface area contributed by atoms with E-state index >= 15 is 0 Å². The molecular weight excluding hydrogens is 267 g/mol. The highest BCUT2D eigenvalue weighted by atomic mass is 19.1. The van der Waals surface area contributed by atoms with Crippen molar-refractivity contribution in [2.45, 2.75) is 20.3 Å². The summed E-state index contributed by atoms with van der Waals surface area (Å²) >= 11 is 0. The van der Waals surface area contributed by atoms with Crippen LogP contribution in [0.3, 0.4) is 0 Å². The van der Waals surface area contributed by atoms with Gasteiger partial charge in [-0.25, -0.2) is 4.39 Å². The van der Waals surface area contributed by atoms with Gasteiger partial charge in [-0.2, -0.15) is 0 Å². The van der Waals surface area contributed by atoms with Crippen molar-refractivity contribution in [1.29, 1.82) is 0 Å². The third kappa shape index (κ3) is 3.40. The molecule has 0 bridgehead atoms. The predicted molar refractivity (Wildman–Crippen MR) is 84.3 cm³/mol. The molecule has 0 radical (unpaired) electrons. The van der Waals surface area contributed by atoms with Crippen LogP contribution in [0.5, 0.6) is 0 Å². The van der Waals surface area contributed by atoms with E-state index in [2.05, 4.69) is 10.6 Å². The number of para-hydroxylation sites is 2. The lowest BCUT2D eigenvalue weighted by Crippen LogP contribution is -2.16. The van der Waals surface area contributed by atoms with Crippen LogP contribution in [0, 0.1) is 5.82 Å². The molecule has 21 heavy (non-hydrogen) atoms. The average Bonchev–Trinajstić information content (AvgIpc) is 2.50. The van der Waals surface area contributed by atoms with Crippen LogP contribution in [-0.2, 0) is 6.42 Å². The first-order chi connectivity index (χ1) is 10.2. The van der Waals surface area contributed by atoms with E-state index in [1.807, 2.05) is 38.1 Å². The maximum atomic E-state index is 13.8. The maximum Gasteiger partial charge on any atom is 0.257 e. The Balaban J connectivity index is 2.30. The Labute approximate surface area is 124 Å². The van der Waals surface area contributed by atoms with Crippen molar-refractivity contribution in [1.82, 2.24) is 0 Å². The Morgan fingerprint density at radius 2 is 1.86 bits per heavy atom. The number of benzene rings is 2. The standard InChI is InChI=1S/C17H19FN2O/c1-3-12-8-5-6-11-15(12)20-17(21)13-9-7-10-14(18)16(13)19-4-2/h5-11,19H,3-4H2,1-2H3,(H,20,21). The number of halogens is 1. The van der Waals surface area contributed by atoms with E-state index in [9.17, 15) is 9.18 Å². The van der Waals surface area contributed by atoms with Crippen LogP contribution < -0.4 is 10.6 Å². The Hall–Kier alpha value is -2.36. The molecule has 0 fully saturated rings. The zero-order chi connectivity index (χ0) is 15.2. The number of hydrogen-bond acceptors (Lipinski definition) is 2. The van der Waals surface area contributed by atoms with Gasteiger partial charge in [0.1, 0.15) is 5.82 Å². The highest BCUT2D eigenvalue weighted by Crippen LogP contribution is 2.22. The molecule has 0 spiro atoms. The van der Waals surface area contributed by atoms with Crippen molar-refractivity contribution in [2.24, 2.45) is 0 Å². The predicted octanol–water partition coefficient (Wildman–Crippen LogP) is 4.07. The van der Waals surface area contributed by atoms with Gasteiger partial charge >= 0.3 is 0 Å².